The molecule has 1 aliphatic rings. The molecule has 1 aliphatic heterocycles. The first-order valence-corrected chi connectivity index (χ1v) is 7.96. The topological polar surface area (TPSA) is 50.8 Å². The number of carbonyl (C=O) groups excluding carboxylic acids is 1. The molecule has 0 aromatic heterocycles. The number of hydrogen-bond donors (Lipinski definition) is 1. The lowest BCUT2D eigenvalue weighted by Crippen LogP contribution is -2.35. The summed E-state index contributed by atoms with van der Waals surface area (Å²) in [5, 5.41) is 2.98. The molecule has 1 N–H and O–H groups in total. The van der Waals surface area contributed by atoms with E-state index in [1.807, 2.05) is 0 Å². The predicted molar refractivity (Wildman–Crippen MR) is 86.8 cm³/mol. The monoisotopic (exact) mass is 306 g/mol. The number of carbonyl (C=O) groups is 1. The first-order valence-electron chi connectivity index (χ1n) is 7.96. The van der Waals surface area contributed by atoms with Gasteiger partial charge in [0, 0.05) is 24.7 Å². The van der Waals surface area contributed by atoms with Crippen LogP contribution < -0.4 is 14.8 Å². The number of amides is 1. The normalized spacial score (nSPS) is 15.9. The standard InChI is InChI=1S/C17H26N2O3/c1-21-15-11-14(12-16(13-15)22-2)17(20)18-7-10-19-8-5-3-4-6-9-19/h11-13H,3-10H2,1-2H3,(H,18,20). The molecule has 1 fully saturated rings. The fraction of sp³-hybridized carbons (Fsp3) is 0.588. The molecular formula is C17H26N2O3. The SMILES string of the molecule is COc1cc(OC)cc(C(=O)NCCN2CCCCCC2)c1. The molecule has 1 aromatic carbocycles. The van der Waals surface area contributed by atoms with Gasteiger partial charge in [-0.25, -0.2) is 0 Å². The van der Waals surface area contributed by atoms with Crippen LogP contribution in [0, 0.1) is 0 Å². The summed E-state index contributed by atoms with van der Waals surface area (Å²) >= 11 is 0. The summed E-state index contributed by atoms with van der Waals surface area (Å²) in [6.07, 6.45) is 5.18. The molecule has 5 nitrogen and oxygen atoms in total. The first-order chi connectivity index (χ1) is 10.7. The Bertz CT molecular complexity index is 461. The van der Waals surface area contributed by atoms with Gasteiger partial charge >= 0.3 is 0 Å². The van der Waals surface area contributed by atoms with Gasteiger partial charge in [-0.1, -0.05) is 12.8 Å². The quantitative estimate of drug-likeness (QED) is 0.876. The fourth-order valence-electron chi connectivity index (χ4n) is 2.73. The largest absolute Gasteiger partial charge is 0.497 e. The van der Waals surface area contributed by atoms with Crippen LogP contribution in [0.1, 0.15) is 36.0 Å². The van der Waals surface area contributed by atoms with E-state index < -0.39 is 0 Å². The summed E-state index contributed by atoms with van der Waals surface area (Å²) in [5.41, 5.74) is 0.562. The van der Waals surface area contributed by atoms with Gasteiger partial charge in [-0.3, -0.25) is 4.79 Å². The van der Waals surface area contributed by atoms with E-state index in [1.54, 1.807) is 32.4 Å². The van der Waals surface area contributed by atoms with Crippen LogP contribution in [-0.4, -0.2) is 51.2 Å². The Kier molecular flexibility index (Phi) is 6.52. The molecule has 1 aromatic rings. The van der Waals surface area contributed by atoms with Crippen molar-refractivity contribution in [3.8, 4) is 11.5 Å². The average Bonchev–Trinajstić information content (AvgIpc) is 2.83. The highest BCUT2D eigenvalue weighted by Crippen LogP contribution is 2.22. The molecule has 2 rings (SSSR count). The second-order valence-corrected chi connectivity index (χ2v) is 5.61. The number of methoxy groups -OCH3 is 2. The van der Waals surface area contributed by atoms with Crippen LogP contribution in [0.5, 0.6) is 11.5 Å². The Morgan fingerprint density at radius 2 is 1.64 bits per heavy atom. The Balaban J connectivity index is 1.86. The van der Waals surface area contributed by atoms with Crippen molar-refractivity contribution in [2.45, 2.75) is 25.7 Å². The van der Waals surface area contributed by atoms with Crippen molar-refractivity contribution >= 4 is 5.91 Å². The van der Waals surface area contributed by atoms with Crippen molar-refractivity contribution in [1.82, 2.24) is 10.2 Å². The summed E-state index contributed by atoms with van der Waals surface area (Å²) in [6, 6.07) is 5.21. The van der Waals surface area contributed by atoms with Crippen molar-refractivity contribution in [2.75, 3.05) is 40.4 Å². The van der Waals surface area contributed by atoms with E-state index in [9.17, 15) is 4.79 Å². The van der Waals surface area contributed by atoms with E-state index in [-0.39, 0.29) is 5.91 Å². The molecule has 5 heteroatoms. The molecule has 0 spiro atoms. The Labute approximate surface area is 132 Å². The smallest absolute Gasteiger partial charge is 0.251 e. The van der Waals surface area contributed by atoms with Gasteiger partial charge in [0.05, 0.1) is 14.2 Å². The maximum Gasteiger partial charge on any atom is 0.251 e. The highest BCUT2D eigenvalue weighted by molar-refractivity contribution is 5.95. The summed E-state index contributed by atoms with van der Waals surface area (Å²) in [7, 11) is 3.16. The van der Waals surface area contributed by atoms with Gasteiger partial charge in [0.25, 0.3) is 5.91 Å². The second-order valence-electron chi connectivity index (χ2n) is 5.61. The van der Waals surface area contributed by atoms with Crippen LogP contribution in [0.4, 0.5) is 0 Å². The lowest BCUT2D eigenvalue weighted by Gasteiger charge is -2.19. The molecule has 1 heterocycles. The highest BCUT2D eigenvalue weighted by Gasteiger charge is 2.11. The zero-order valence-corrected chi connectivity index (χ0v) is 13.6. The minimum absolute atomic E-state index is 0.0907. The van der Waals surface area contributed by atoms with Gasteiger partial charge in [-0.05, 0) is 38.1 Å². The molecule has 0 aliphatic carbocycles. The van der Waals surface area contributed by atoms with Gasteiger partial charge in [0.1, 0.15) is 11.5 Å². The predicted octanol–water partition coefficient (Wildman–Crippen LogP) is 2.31. The zero-order chi connectivity index (χ0) is 15.8. The molecule has 0 unspecified atom stereocenters. The third-order valence-corrected chi connectivity index (χ3v) is 4.03. The van der Waals surface area contributed by atoms with Gasteiger partial charge in [-0.15, -0.1) is 0 Å². The maximum absolute atomic E-state index is 12.2. The lowest BCUT2D eigenvalue weighted by atomic mass is 10.2. The maximum atomic E-state index is 12.2. The fourth-order valence-corrected chi connectivity index (χ4v) is 2.73. The van der Waals surface area contributed by atoms with E-state index in [0.717, 1.165) is 19.6 Å². The van der Waals surface area contributed by atoms with Crippen LogP contribution in [0.15, 0.2) is 18.2 Å². The summed E-state index contributed by atoms with van der Waals surface area (Å²) in [5.74, 6) is 1.15. The molecular weight excluding hydrogens is 280 g/mol. The molecule has 22 heavy (non-hydrogen) atoms. The number of hydrogen-bond acceptors (Lipinski definition) is 4. The van der Waals surface area contributed by atoms with Crippen LogP contribution in [-0.2, 0) is 0 Å². The van der Waals surface area contributed by atoms with Crippen molar-refractivity contribution in [3.63, 3.8) is 0 Å². The molecule has 1 saturated heterocycles. The molecule has 0 radical (unpaired) electrons. The van der Waals surface area contributed by atoms with Gasteiger partial charge < -0.3 is 19.7 Å². The molecule has 0 bridgehead atoms. The summed E-state index contributed by atoms with van der Waals surface area (Å²) < 4.78 is 10.4. The molecule has 122 valence electrons. The number of benzene rings is 1. The molecule has 0 atom stereocenters. The van der Waals surface area contributed by atoms with Gasteiger partial charge in [0.15, 0.2) is 0 Å². The van der Waals surface area contributed by atoms with Crippen LogP contribution in [0.25, 0.3) is 0 Å². The van der Waals surface area contributed by atoms with Crippen LogP contribution in [0.3, 0.4) is 0 Å². The first kappa shape index (κ1) is 16.6. The minimum atomic E-state index is -0.0907. The van der Waals surface area contributed by atoms with Crippen LogP contribution in [0.2, 0.25) is 0 Å². The Hall–Kier alpha value is -1.75. The van der Waals surface area contributed by atoms with Crippen molar-refractivity contribution in [3.05, 3.63) is 23.8 Å². The number of rotatable bonds is 6. The van der Waals surface area contributed by atoms with E-state index in [1.165, 1.54) is 25.7 Å². The van der Waals surface area contributed by atoms with Crippen molar-refractivity contribution in [2.24, 2.45) is 0 Å². The van der Waals surface area contributed by atoms with E-state index in [2.05, 4.69) is 10.2 Å². The van der Waals surface area contributed by atoms with Gasteiger partial charge in [0.2, 0.25) is 0 Å². The zero-order valence-electron chi connectivity index (χ0n) is 13.6. The molecule has 1 amide bonds. The number of nitrogens with one attached hydrogen (secondary N) is 1. The third kappa shape index (κ3) is 4.91. The van der Waals surface area contributed by atoms with E-state index >= 15 is 0 Å². The minimum Gasteiger partial charge on any atom is -0.497 e. The van der Waals surface area contributed by atoms with E-state index in [4.69, 9.17) is 9.47 Å². The Morgan fingerprint density at radius 1 is 1.05 bits per heavy atom. The highest BCUT2D eigenvalue weighted by atomic mass is 16.5. The lowest BCUT2D eigenvalue weighted by molar-refractivity contribution is 0.0948. The number of nitrogens with zero attached hydrogens (tertiary/aromatic N) is 1. The molecule has 0 saturated carbocycles. The van der Waals surface area contributed by atoms with E-state index in [0.29, 0.717) is 23.6 Å². The van der Waals surface area contributed by atoms with Crippen molar-refractivity contribution < 1.29 is 14.3 Å². The third-order valence-electron chi connectivity index (χ3n) is 4.03. The summed E-state index contributed by atoms with van der Waals surface area (Å²) in [4.78, 5) is 14.7. The van der Waals surface area contributed by atoms with Crippen LogP contribution >= 0.6 is 0 Å². The van der Waals surface area contributed by atoms with Crippen molar-refractivity contribution in [1.29, 1.82) is 0 Å². The average molecular weight is 306 g/mol. The van der Waals surface area contributed by atoms with Gasteiger partial charge in [-0.2, -0.15) is 0 Å². The summed E-state index contributed by atoms with van der Waals surface area (Å²) in [6.45, 7) is 3.86. The number of likely N-dealkylation sites (tertiary alicyclic amines) is 1. The Morgan fingerprint density at radius 3 is 2.18 bits per heavy atom. The number of ether oxygens (including phenoxy) is 2. The second kappa shape index (κ2) is 8.63.